The number of nitrogens with one attached hydrogen (secondary N) is 2. The van der Waals surface area contributed by atoms with Crippen LogP contribution in [-0.4, -0.2) is 53.5 Å². The van der Waals surface area contributed by atoms with E-state index in [1.54, 1.807) is 0 Å². The Hall–Kier alpha value is -3.39. The highest BCUT2D eigenvalue weighted by atomic mass is 16.5. The zero-order valence-electron chi connectivity index (χ0n) is 17.2. The Morgan fingerprint density at radius 2 is 1.55 bits per heavy atom. The second-order valence-electron chi connectivity index (χ2n) is 7.39. The Bertz CT molecular complexity index is 915. The van der Waals surface area contributed by atoms with Crippen LogP contribution in [0.2, 0.25) is 0 Å². The highest BCUT2D eigenvalue weighted by Crippen LogP contribution is 2.44. The molecule has 0 saturated carbocycles. The van der Waals surface area contributed by atoms with Gasteiger partial charge in [-0.25, -0.2) is 9.59 Å². The number of ether oxygens (including phenoxy) is 1. The number of aliphatic hydroxyl groups excluding tert-OH is 1. The fourth-order valence-corrected chi connectivity index (χ4v) is 3.80. The molecule has 0 unspecified atom stereocenters. The molecule has 2 amide bonds. The predicted molar refractivity (Wildman–Crippen MR) is 114 cm³/mol. The van der Waals surface area contributed by atoms with Gasteiger partial charge in [-0.15, -0.1) is 0 Å². The van der Waals surface area contributed by atoms with Crippen molar-refractivity contribution in [2.75, 3.05) is 13.2 Å². The van der Waals surface area contributed by atoms with E-state index in [4.69, 9.17) is 14.9 Å². The first kappa shape index (κ1) is 22.3. The van der Waals surface area contributed by atoms with Crippen LogP contribution < -0.4 is 10.6 Å². The summed E-state index contributed by atoms with van der Waals surface area (Å²) < 4.78 is 5.45. The zero-order valence-corrected chi connectivity index (χ0v) is 17.2. The molecule has 2 atom stereocenters. The van der Waals surface area contributed by atoms with Crippen LogP contribution in [0.15, 0.2) is 48.5 Å². The fourth-order valence-electron chi connectivity index (χ4n) is 3.80. The van der Waals surface area contributed by atoms with Gasteiger partial charge in [0.25, 0.3) is 0 Å². The number of carboxylic acid groups (broad SMARTS) is 1. The number of benzene rings is 2. The fraction of sp³-hybridized carbons (Fsp3) is 0.348. The number of rotatable bonds is 9. The maximum atomic E-state index is 12.4. The van der Waals surface area contributed by atoms with E-state index in [1.807, 2.05) is 55.5 Å². The lowest BCUT2D eigenvalue weighted by Gasteiger charge is -2.21. The lowest BCUT2D eigenvalue weighted by atomic mass is 9.98. The van der Waals surface area contributed by atoms with Crippen molar-refractivity contribution in [2.45, 2.75) is 37.8 Å². The molecule has 164 valence electrons. The normalized spacial score (nSPS) is 14.1. The maximum absolute atomic E-state index is 12.4. The summed E-state index contributed by atoms with van der Waals surface area (Å²) in [6.07, 6.45) is 0.123. The van der Waals surface area contributed by atoms with Crippen LogP contribution in [0.4, 0.5) is 4.79 Å². The molecular weight excluding hydrogens is 400 g/mol. The summed E-state index contributed by atoms with van der Waals surface area (Å²) >= 11 is 0. The lowest BCUT2D eigenvalue weighted by molar-refractivity contribution is -0.143. The summed E-state index contributed by atoms with van der Waals surface area (Å²) in [6, 6.07) is 13.5. The SMILES string of the molecule is CCC[C@@H](NC(=O)OCC1c2ccccc2-c2ccccc21)C(=O)N[C@@H](CO)C(=O)O. The van der Waals surface area contributed by atoms with Crippen molar-refractivity contribution in [3.63, 3.8) is 0 Å². The first-order chi connectivity index (χ1) is 15.0. The van der Waals surface area contributed by atoms with Crippen molar-refractivity contribution in [1.82, 2.24) is 10.6 Å². The summed E-state index contributed by atoms with van der Waals surface area (Å²) in [4.78, 5) is 35.8. The summed E-state index contributed by atoms with van der Waals surface area (Å²) in [6.45, 7) is 1.19. The van der Waals surface area contributed by atoms with Gasteiger partial charge in [0.2, 0.25) is 5.91 Å². The first-order valence-electron chi connectivity index (χ1n) is 10.2. The highest BCUT2D eigenvalue weighted by molar-refractivity contribution is 5.89. The van der Waals surface area contributed by atoms with Gasteiger partial charge >= 0.3 is 12.1 Å². The van der Waals surface area contributed by atoms with Crippen LogP contribution in [0.25, 0.3) is 11.1 Å². The topological polar surface area (TPSA) is 125 Å². The zero-order chi connectivity index (χ0) is 22.4. The van der Waals surface area contributed by atoms with Crippen molar-refractivity contribution in [3.8, 4) is 11.1 Å². The Kier molecular flexibility index (Phi) is 7.25. The summed E-state index contributed by atoms with van der Waals surface area (Å²) in [7, 11) is 0. The van der Waals surface area contributed by atoms with Crippen molar-refractivity contribution >= 4 is 18.0 Å². The number of aliphatic carboxylic acids is 1. The van der Waals surface area contributed by atoms with Crippen molar-refractivity contribution < 1.29 is 29.3 Å². The summed E-state index contributed by atoms with van der Waals surface area (Å²) in [5, 5.41) is 22.8. The number of aliphatic hydroxyl groups is 1. The molecule has 0 aromatic heterocycles. The predicted octanol–water partition coefficient (Wildman–Crippen LogP) is 2.26. The molecule has 4 N–H and O–H groups in total. The third-order valence-corrected chi connectivity index (χ3v) is 5.33. The molecule has 1 aliphatic rings. The average molecular weight is 426 g/mol. The number of hydrogen-bond donors (Lipinski definition) is 4. The molecule has 2 aromatic carbocycles. The molecule has 0 heterocycles. The van der Waals surface area contributed by atoms with Crippen LogP contribution in [0.5, 0.6) is 0 Å². The van der Waals surface area contributed by atoms with E-state index in [0.29, 0.717) is 12.8 Å². The van der Waals surface area contributed by atoms with E-state index >= 15 is 0 Å². The minimum Gasteiger partial charge on any atom is -0.480 e. The van der Waals surface area contributed by atoms with E-state index in [2.05, 4.69) is 10.6 Å². The number of hydrogen-bond acceptors (Lipinski definition) is 5. The Morgan fingerprint density at radius 1 is 0.968 bits per heavy atom. The number of alkyl carbamates (subject to hydrolysis) is 1. The number of carboxylic acids is 1. The van der Waals surface area contributed by atoms with Crippen LogP contribution in [0.3, 0.4) is 0 Å². The molecule has 2 aromatic rings. The molecule has 3 rings (SSSR count). The number of carbonyl (C=O) groups is 3. The highest BCUT2D eigenvalue weighted by Gasteiger charge is 2.30. The smallest absolute Gasteiger partial charge is 0.407 e. The minimum absolute atomic E-state index is 0.106. The molecule has 0 bridgehead atoms. The van der Waals surface area contributed by atoms with Gasteiger partial charge in [-0.2, -0.15) is 0 Å². The van der Waals surface area contributed by atoms with Crippen molar-refractivity contribution in [2.24, 2.45) is 0 Å². The standard InChI is InChI=1S/C23H26N2O6/c1-2-7-19(21(27)24-20(12-26)22(28)29)25-23(30)31-13-18-16-10-5-3-8-14(16)15-9-4-6-11-17(15)18/h3-6,8-11,18-20,26H,2,7,12-13H2,1H3,(H,24,27)(H,25,30)(H,28,29)/t19-,20+/m1/s1. The molecule has 0 saturated heterocycles. The van der Waals surface area contributed by atoms with E-state index in [9.17, 15) is 14.4 Å². The van der Waals surface area contributed by atoms with Gasteiger partial charge in [0.1, 0.15) is 18.7 Å². The van der Waals surface area contributed by atoms with E-state index in [1.165, 1.54) is 0 Å². The van der Waals surface area contributed by atoms with Gasteiger partial charge in [0.05, 0.1) is 6.61 Å². The van der Waals surface area contributed by atoms with E-state index < -0.39 is 36.7 Å². The third kappa shape index (κ3) is 5.03. The Balaban J connectivity index is 1.64. The van der Waals surface area contributed by atoms with Crippen molar-refractivity contribution in [3.05, 3.63) is 59.7 Å². The monoisotopic (exact) mass is 426 g/mol. The second-order valence-corrected chi connectivity index (χ2v) is 7.39. The molecule has 0 spiro atoms. The molecule has 0 radical (unpaired) electrons. The molecular formula is C23H26N2O6. The molecule has 8 nitrogen and oxygen atoms in total. The van der Waals surface area contributed by atoms with Gasteiger partial charge in [-0.3, -0.25) is 4.79 Å². The quantitative estimate of drug-likeness (QED) is 0.487. The average Bonchev–Trinajstić information content (AvgIpc) is 3.09. The van der Waals surface area contributed by atoms with Crippen molar-refractivity contribution in [1.29, 1.82) is 0 Å². The van der Waals surface area contributed by atoms with Gasteiger partial charge in [-0.1, -0.05) is 61.9 Å². The van der Waals surface area contributed by atoms with Gasteiger partial charge in [0.15, 0.2) is 0 Å². The van der Waals surface area contributed by atoms with Gasteiger partial charge < -0.3 is 25.6 Å². The Labute approximate surface area is 180 Å². The molecule has 0 aliphatic heterocycles. The molecule has 0 fully saturated rings. The molecule has 1 aliphatic carbocycles. The van der Waals surface area contributed by atoms with Crippen LogP contribution >= 0.6 is 0 Å². The maximum Gasteiger partial charge on any atom is 0.407 e. The van der Waals surface area contributed by atoms with Gasteiger partial charge in [-0.05, 0) is 28.7 Å². The van der Waals surface area contributed by atoms with Crippen LogP contribution in [0, 0.1) is 0 Å². The first-order valence-corrected chi connectivity index (χ1v) is 10.2. The van der Waals surface area contributed by atoms with Crippen LogP contribution in [0.1, 0.15) is 36.8 Å². The summed E-state index contributed by atoms with van der Waals surface area (Å²) in [5.41, 5.74) is 4.37. The number of fused-ring (bicyclic) bond motifs is 3. The summed E-state index contributed by atoms with van der Waals surface area (Å²) in [5.74, 6) is -2.15. The third-order valence-electron chi connectivity index (χ3n) is 5.33. The largest absolute Gasteiger partial charge is 0.480 e. The van der Waals surface area contributed by atoms with Gasteiger partial charge in [0, 0.05) is 5.92 Å². The second kappa shape index (κ2) is 10.1. The van der Waals surface area contributed by atoms with E-state index in [-0.39, 0.29) is 12.5 Å². The lowest BCUT2D eigenvalue weighted by Crippen LogP contribution is -2.52. The molecule has 8 heteroatoms. The number of amides is 2. The van der Waals surface area contributed by atoms with E-state index in [0.717, 1.165) is 22.3 Å². The minimum atomic E-state index is -1.43. The Morgan fingerprint density at radius 3 is 2.06 bits per heavy atom. The van der Waals surface area contributed by atoms with Crippen LogP contribution in [-0.2, 0) is 14.3 Å². The number of carbonyl (C=O) groups excluding carboxylic acids is 2. The molecule has 31 heavy (non-hydrogen) atoms.